The van der Waals surface area contributed by atoms with Crippen molar-refractivity contribution in [1.82, 2.24) is 14.9 Å². The molecule has 0 aliphatic heterocycles. The lowest BCUT2D eigenvalue weighted by Gasteiger charge is -2.10. The summed E-state index contributed by atoms with van der Waals surface area (Å²) >= 11 is 5.89. The van der Waals surface area contributed by atoms with Gasteiger partial charge in [-0.25, -0.2) is 4.98 Å². The van der Waals surface area contributed by atoms with Crippen LogP contribution in [0.1, 0.15) is 10.4 Å². The summed E-state index contributed by atoms with van der Waals surface area (Å²) in [6, 6.07) is 6.25. The van der Waals surface area contributed by atoms with E-state index in [2.05, 4.69) is 15.0 Å². The molecular weight excluding hydrogens is 316 g/mol. The standard InChI is InChI=1S/C12H13ClN4O3S/c1-14-11(18)8-5-3-4-6-9(8)16-21(19,20)12-10(13)17(2)7-15-12/h3-7,16H,1-2H3,(H,14,18). The number of imidazole rings is 1. The van der Waals surface area contributed by atoms with Crippen molar-refractivity contribution in [3.05, 3.63) is 41.3 Å². The third-order valence-corrected chi connectivity index (χ3v) is 4.59. The lowest BCUT2D eigenvalue weighted by Crippen LogP contribution is -2.22. The van der Waals surface area contributed by atoms with Crippen molar-refractivity contribution >= 4 is 33.2 Å². The molecule has 0 radical (unpaired) electrons. The number of nitrogens with zero attached hydrogens (tertiary/aromatic N) is 2. The second kappa shape index (κ2) is 5.74. The van der Waals surface area contributed by atoms with Crippen molar-refractivity contribution in [2.24, 2.45) is 7.05 Å². The highest BCUT2D eigenvalue weighted by Crippen LogP contribution is 2.23. The summed E-state index contributed by atoms with van der Waals surface area (Å²) in [7, 11) is -0.944. The zero-order valence-corrected chi connectivity index (χ0v) is 12.9. The number of aromatic nitrogens is 2. The fourth-order valence-corrected chi connectivity index (χ4v) is 3.18. The molecule has 1 aromatic carbocycles. The second-order valence-electron chi connectivity index (χ2n) is 4.18. The molecule has 0 saturated carbocycles. The van der Waals surface area contributed by atoms with Crippen molar-refractivity contribution in [3.8, 4) is 0 Å². The molecular formula is C12H13ClN4O3S. The summed E-state index contributed by atoms with van der Waals surface area (Å²) in [5, 5.41) is 2.14. The first-order valence-corrected chi connectivity index (χ1v) is 7.73. The van der Waals surface area contributed by atoms with Crippen LogP contribution >= 0.6 is 11.6 Å². The summed E-state index contributed by atoms with van der Waals surface area (Å²) < 4.78 is 28.3. The number of benzene rings is 1. The molecule has 1 aromatic heterocycles. The Hall–Kier alpha value is -2.06. The molecule has 0 bridgehead atoms. The Morgan fingerprint density at radius 2 is 2.00 bits per heavy atom. The summed E-state index contributed by atoms with van der Waals surface area (Å²) in [6.45, 7) is 0. The van der Waals surface area contributed by atoms with Crippen LogP contribution in [0.2, 0.25) is 5.15 Å². The highest BCUT2D eigenvalue weighted by Gasteiger charge is 2.24. The maximum atomic E-state index is 12.3. The molecule has 2 aromatic rings. The molecule has 112 valence electrons. The van der Waals surface area contributed by atoms with E-state index in [1.807, 2.05) is 0 Å². The van der Waals surface area contributed by atoms with Crippen LogP contribution < -0.4 is 10.0 Å². The molecule has 9 heteroatoms. The lowest BCUT2D eigenvalue weighted by atomic mass is 10.2. The van der Waals surface area contributed by atoms with E-state index in [9.17, 15) is 13.2 Å². The Morgan fingerprint density at radius 1 is 1.33 bits per heavy atom. The van der Waals surface area contributed by atoms with Crippen LogP contribution in [0.3, 0.4) is 0 Å². The van der Waals surface area contributed by atoms with Crippen LogP contribution in [-0.2, 0) is 17.1 Å². The van der Waals surface area contributed by atoms with Gasteiger partial charge in [-0.1, -0.05) is 23.7 Å². The van der Waals surface area contributed by atoms with Crippen LogP contribution in [0.25, 0.3) is 0 Å². The maximum Gasteiger partial charge on any atom is 0.282 e. The van der Waals surface area contributed by atoms with Crippen molar-refractivity contribution in [1.29, 1.82) is 0 Å². The van der Waals surface area contributed by atoms with Gasteiger partial charge in [-0.3, -0.25) is 9.52 Å². The normalized spacial score (nSPS) is 11.2. The maximum absolute atomic E-state index is 12.3. The molecule has 0 unspecified atom stereocenters. The van der Waals surface area contributed by atoms with E-state index < -0.39 is 15.9 Å². The number of sulfonamides is 1. The minimum absolute atomic E-state index is 0.0140. The molecule has 0 fully saturated rings. The zero-order chi connectivity index (χ0) is 15.6. The third kappa shape index (κ3) is 3.01. The SMILES string of the molecule is CNC(=O)c1ccccc1NS(=O)(=O)c1ncn(C)c1Cl. The summed E-state index contributed by atoms with van der Waals surface area (Å²) in [5.41, 5.74) is 0.356. The molecule has 1 amide bonds. The van der Waals surface area contributed by atoms with Gasteiger partial charge < -0.3 is 9.88 Å². The van der Waals surface area contributed by atoms with E-state index in [-0.39, 0.29) is 21.4 Å². The number of para-hydroxylation sites is 1. The molecule has 21 heavy (non-hydrogen) atoms. The van der Waals surface area contributed by atoms with Crippen LogP contribution in [-0.4, -0.2) is 30.9 Å². The van der Waals surface area contributed by atoms with Gasteiger partial charge in [0.1, 0.15) is 5.15 Å². The van der Waals surface area contributed by atoms with Crippen molar-refractivity contribution < 1.29 is 13.2 Å². The van der Waals surface area contributed by atoms with E-state index in [4.69, 9.17) is 11.6 Å². The smallest absolute Gasteiger partial charge is 0.282 e. The topological polar surface area (TPSA) is 93.1 Å². The Morgan fingerprint density at radius 3 is 2.57 bits per heavy atom. The van der Waals surface area contributed by atoms with E-state index >= 15 is 0 Å². The van der Waals surface area contributed by atoms with Gasteiger partial charge in [0.25, 0.3) is 15.9 Å². The van der Waals surface area contributed by atoms with Gasteiger partial charge in [0, 0.05) is 14.1 Å². The average molecular weight is 329 g/mol. The zero-order valence-electron chi connectivity index (χ0n) is 11.3. The number of hydrogen-bond acceptors (Lipinski definition) is 4. The van der Waals surface area contributed by atoms with Crippen LogP contribution in [0.15, 0.2) is 35.6 Å². The third-order valence-electron chi connectivity index (χ3n) is 2.73. The van der Waals surface area contributed by atoms with Gasteiger partial charge in [-0.15, -0.1) is 0 Å². The Bertz CT molecular complexity index is 786. The lowest BCUT2D eigenvalue weighted by molar-refractivity contribution is 0.0964. The summed E-state index contributed by atoms with van der Waals surface area (Å²) in [6.07, 6.45) is 1.29. The number of hydrogen-bond donors (Lipinski definition) is 2. The van der Waals surface area contributed by atoms with Gasteiger partial charge >= 0.3 is 0 Å². The fraction of sp³-hybridized carbons (Fsp3) is 0.167. The van der Waals surface area contributed by atoms with Crippen LogP contribution in [0, 0.1) is 0 Å². The number of halogens is 1. The largest absolute Gasteiger partial charge is 0.355 e. The van der Waals surface area contributed by atoms with E-state index in [0.29, 0.717) is 0 Å². The van der Waals surface area contributed by atoms with Crippen molar-refractivity contribution in [3.63, 3.8) is 0 Å². The first kappa shape index (κ1) is 15.3. The Balaban J connectivity index is 2.43. The molecule has 2 rings (SSSR count). The van der Waals surface area contributed by atoms with Gasteiger partial charge in [-0.2, -0.15) is 8.42 Å². The minimum Gasteiger partial charge on any atom is -0.355 e. The van der Waals surface area contributed by atoms with E-state index in [0.717, 1.165) is 0 Å². The number of anilines is 1. The van der Waals surface area contributed by atoms with Crippen LogP contribution in [0.4, 0.5) is 5.69 Å². The molecule has 0 saturated heterocycles. The second-order valence-corrected chi connectivity index (χ2v) is 6.14. The quantitative estimate of drug-likeness (QED) is 0.883. The average Bonchev–Trinajstić information content (AvgIpc) is 2.79. The number of carbonyl (C=O) groups is 1. The Labute approximate surface area is 127 Å². The molecule has 7 nitrogen and oxygen atoms in total. The predicted octanol–water partition coefficient (Wildman–Crippen LogP) is 1.23. The molecule has 0 aliphatic rings. The van der Waals surface area contributed by atoms with Gasteiger partial charge in [0.15, 0.2) is 0 Å². The molecule has 0 aliphatic carbocycles. The van der Waals surface area contributed by atoms with Crippen molar-refractivity contribution in [2.45, 2.75) is 5.03 Å². The van der Waals surface area contributed by atoms with Gasteiger partial charge in [0.2, 0.25) is 5.03 Å². The van der Waals surface area contributed by atoms with E-state index in [1.165, 1.54) is 30.1 Å². The molecule has 2 N–H and O–H groups in total. The first-order chi connectivity index (χ1) is 9.86. The monoisotopic (exact) mass is 328 g/mol. The number of amides is 1. The number of aryl methyl sites for hydroxylation is 1. The number of rotatable bonds is 4. The fourth-order valence-electron chi connectivity index (χ4n) is 1.67. The van der Waals surface area contributed by atoms with Gasteiger partial charge in [-0.05, 0) is 12.1 Å². The summed E-state index contributed by atoms with van der Waals surface area (Å²) in [4.78, 5) is 15.5. The number of carbonyl (C=O) groups excluding carboxylic acids is 1. The number of nitrogens with one attached hydrogen (secondary N) is 2. The summed E-state index contributed by atoms with van der Waals surface area (Å²) in [5.74, 6) is -0.402. The highest BCUT2D eigenvalue weighted by atomic mass is 35.5. The minimum atomic E-state index is -3.98. The molecule has 1 heterocycles. The van der Waals surface area contributed by atoms with Crippen LogP contribution in [0.5, 0.6) is 0 Å². The van der Waals surface area contributed by atoms with E-state index in [1.54, 1.807) is 19.2 Å². The highest BCUT2D eigenvalue weighted by molar-refractivity contribution is 7.92. The first-order valence-electron chi connectivity index (χ1n) is 5.87. The molecule has 0 spiro atoms. The van der Waals surface area contributed by atoms with Crippen molar-refractivity contribution in [2.75, 3.05) is 11.8 Å². The molecule has 0 atom stereocenters. The Kier molecular flexibility index (Phi) is 4.19. The van der Waals surface area contributed by atoms with Gasteiger partial charge in [0.05, 0.1) is 17.6 Å². The predicted molar refractivity (Wildman–Crippen MR) is 78.9 cm³/mol.